The van der Waals surface area contributed by atoms with Crippen molar-refractivity contribution in [2.75, 3.05) is 26.6 Å². The zero-order valence-corrected chi connectivity index (χ0v) is 16.8. The van der Waals surface area contributed by atoms with Crippen molar-refractivity contribution in [3.8, 4) is 17.2 Å². The molecular weight excluding hydrogens is 384 g/mol. The minimum absolute atomic E-state index is 0.00429. The Kier molecular flexibility index (Phi) is 5.48. The van der Waals surface area contributed by atoms with Gasteiger partial charge in [0, 0.05) is 23.9 Å². The fourth-order valence-electron chi connectivity index (χ4n) is 3.05. The van der Waals surface area contributed by atoms with Gasteiger partial charge in [0.1, 0.15) is 5.75 Å². The van der Waals surface area contributed by atoms with Gasteiger partial charge in [0.2, 0.25) is 15.9 Å². The summed E-state index contributed by atoms with van der Waals surface area (Å²) < 4.78 is 43.9. The molecule has 3 rings (SSSR count). The van der Waals surface area contributed by atoms with E-state index in [4.69, 9.17) is 14.2 Å². The number of hydrogen-bond donors (Lipinski definition) is 2. The van der Waals surface area contributed by atoms with Crippen LogP contribution in [0.1, 0.15) is 24.0 Å². The van der Waals surface area contributed by atoms with Crippen LogP contribution >= 0.6 is 0 Å². The van der Waals surface area contributed by atoms with Crippen LogP contribution in [0.4, 0.5) is 5.69 Å². The molecule has 28 heavy (non-hydrogen) atoms. The molecule has 0 unspecified atom stereocenters. The van der Waals surface area contributed by atoms with Gasteiger partial charge in [0.25, 0.3) is 0 Å². The van der Waals surface area contributed by atoms with Gasteiger partial charge < -0.3 is 19.5 Å². The molecule has 0 aliphatic carbocycles. The second-order valence-corrected chi connectivity index (χ2v) is 8.07. The van der Waals surface area contributed by atoms with Crippen LogP contribution in [-0.4, -0.2) is 35.7 Å². The van der Waals surface area contributed by atoms with Crippen molar-refractivity contribution in [2.45, 2.75) is 24.3 Å². The van der Waals surface area contributed by atoms with Crippen LogP contribution < -0.4 is 24.2 Å². The van der Waals surface area contributed by atoms with E-state index in [0.717, 1.165) is 0 Å². The van der Waals surface area contributed by atoms with Crippen LogP contribution in [0.5, 0.6) is 17.2 Å². The average molecular weight is 406 g/mol. The number of ether oxygens (including phenoxy) is 3. The van der Waals surface area contributed by atoms with E-state index in [-0.39, 0.29) is 17.3 Å². The lowest BCUT2D eigenvalue weighted by atomic mass is 10.0. The number of hydrogen-bond acceptors (Lipinski definition) is 6. The van der Waals surface area contributed by atoms with E-state index >= 15 is 0 Å². The molecule has 1 aliphatic heterocycles. The Morgan fingerprint density at radius 1 is 1.00 bits per heavy atom. The smallest absolute Gasteiger partial charge is 0.240 e. The number of amides is 1. The number of anilines is 1. The third kappa shape index (κ3) is 3.63. The van der Waals surface area contributed by atoms with Crippen molar-refractivity contribution in [3.63, 3.8) is 0 Å². The van der Waals surface area contributed by atoms with Crippen molar-refractivity contribution in [1.82, 2.24) is 4.72 Å². The van der Waals surface area contributed by atoms with Gasteiger partial charge in [0.15, 0.2) is 11.5 Å². The van der Waals surface area contributed by atoms with E-state index in [2.05, 4.69) is 10.0 Å². The molecule has 8 nitrogen and oxygen atoms in total. The van der Waals surface area contributed by atoms with Crippen LogP contribution in [-0.2, 0) is 21.4 Å². The molecule has 9 heteroatoms. The molecule has 0 fully saturated rings. The highest BCUT2D eigenvalue weighted by Gasteiger charge is 2.28. The lowest BCUT2D eigenvalue weighted by Crippen LogP contribution is -2.23. The number of carbonyl (C=O) groups is 1. The molecule has 1 atom stereocenters. The van der Waals surface area contributed by atoms with E-state index in [1.165, 1.54) is 33.5 Å². The molecule has 0 saturated heterocycles. The highest BCUT2D eigenvalue weighted by molar-refractivity contribution is 7.89. The van der Waals surface area contributed by atoms with Crippen LogP contribution in [0.25, 0.3) is 0 Å². The van der Waals surface area contributed by atoms with Crippen LogP contribution in [0.15, 0.2) is 35.2 Å². The Morgan fingerprint density at radius 2 is 1.64 bits per heavy atom. The summed E-state index contributed by atoms with van der Waals surface area (Å²) in [7, 11) is 0.701. The lowest BCUT2D eigenvalue weighted by molar-refractivity contribution is -0.116. The van der Waals surface area contributed by atoms with Gasteiger partial charge in [0.05, 0.1) is 32.1 Å². The number of sulfonamides is 1. The van der Waals surface area contributed by atoms with Crippen molar-refractivity contribution in [1.29, 1.82) is 0 Å². The number of benzene rings is 2. The predicted molar refractivity (Wildman–Crippen MR) is 104 cm³/mol. The molecule has 2 aromatic carbocycles. The second-order valence-electron chi connectivity index (χ2n) is 6.30. The Hall–Kier alpha value is -2.78. The summed E-state index contributed by atoms with van der Waals surface area (Å²) in [6.07, 6.45) is 0. The third-order valence-electron chi connectivity index (χ3n) is 4.69. The molecule has 0 radical (unpaired) electrons. The van der Waals surface area contributed by atoms with Crippen molar-refractivity contribution >= 4 is 21.6 Å². The maximum atomic E-state index is 12.8. The number of rotatable bonds is 7. The minimum Gasteiger partial charge on any atom is -0.496 e. The molecule has 150 valence electrons. The highest BCUT2D eigenvalue weighted by atomic mass is 32.2. The fourth-order valence-corrected chi connectivity index (χ4v) is 4.09. The molecule has 1 aliphatic rings. The van der Waals surface area contributed by atoms with E-state index in [1.54, 1.807) is 25.1 Å². The minimum atomic E-state index is -3.80. The summed E-state index contributed by atoms with van der Waals surface area (Å²) >= 11 is 0. The van der Waals surface area contributed by atoms with Crippen molar-refractivity contribution in [2.24, 2.45) is 0 Å². The third-order valence-corrected chi connectivity index (χ3v) is 6.09. The van der Waals surface area contributed by atoms with E-state index in [9.17, 15) is 13.2 Å². The summed E-state index contributed by atoms with van der Waals surface area (Å²) in [6, 6.07) is 7.88. The van der Waals surface area contributed by atoms with Gasteiger partial charge in [-0.15, -0.1) is 0 Å². The maximum absolute atomic E-state index is 12.8. The zero-order chi connectivity index (χ0) is 20.5. The second kappa shape index (κ2) is 7.69. The monoisotopic (exact) mass is 406 g/mol. The number of nitrogens with one attached hydrogen (secondary N) is 2. The molecule has 0 spiro atoms. The molecule has 0 aromatic heterocycles. The van der Waals surface area contributed by atoms with E-state index in [0.29, 0.717) is 34.1 Å². The highest BCUT2D eigenvalue weighted by Crippen LogP contribution is 2.35. The van der Waals surface area contributed by atoms with Gasteiger partial charge >= 0.3 is 0 Å². The molecule has 1 amide bonds. The first-order valence-corrected chi connectivity index (χ1v) is 10.0. The first kappa shape index (κ1) is 20.0. The number of carbonyl (C=O) groups excluding carboxylic acids is 1. The Labute approximate surface area is 163 Å². The Balaban J connectivity index is 1.86. The van der Waals surface area contributed by atoms with Crippen molar-refractivity contribution < 1.29 is 27.4 Å². The standard InChI is InChI=1S/C19H22N2O6S/c1-11-14-8-13(5-6-15(14)21-19(11)22)28(23,24)20-10-12-7-17(26-3)18(27-4)9-16(12)25-2/h5-9,11,20H,10H2,1-4H3,(H,21,22)/t11-/m0/s1. The molecule has 1 heterocycles. The van der Waals surface area contributed by atoms with Crippen LogP contribution in [0.3, 0.4) is 0 Å². The summed E-state index contributed by atoms with van der Waals surface area (Å²) in [6.45, 7) is 1.73. The van der Waals surface area contributed by atoms with Crippen LogP contribution in [0.2, 0.25) is 0 Å². The normalized spacial score (nSPS) is 15.7. The lowest BCUT2D eigenvalue weighted by Gasteiger charge is -2.15. The van der Waals surface area contributed by atoms with Gasteiger partial charge in [-0.2, -0.15) is 0 Å². The Bertz CT molecular complexity index is 1020. The first-order chi connectivity index (χ1) is 13.3. The summed E-state index contributed by atoms with van der Waals surface area (Å²) in [5.41, 5.74) is 1.89. The first-order valence-electron chi connectivity index (χ1n) is 8.54. The quantitative estimate of drug-likeness (QED) is 0.731. The van der Waals surface area contributed by atoms with Crippen LogP contribution in [0, 0.1) is 0 Å². The van der Waals surface area contributed by atoms with Gasteiger partial charge in [-0.3, -0.25) is 4.79 Å². The molecule has 0 saturated carbocycles. The topological polar surface area (TPSA) is 103 Å². The average Bonchev–Trinajstić information content (AvgIpc) is 2.99. The Morgan fingerprint density at radius 3 is 2.29 bits per heavy atom. The number of fused-ring (bicyclic) bond motifs is 1. The molecule has 2 N–H and O–H groups in total. The predicted octanol–water partition coefficient (Wildman–Crippen LogP) is 2.25. The van der Waals surface area contributed by atoms with E-state index in [1.807, 2.05) is 0 Å². The number of methoxy groups -OCH3 is 3. The van der Waals surface area contributed by atoms with E-state index < -0.39 is 15.9 Å². The molecule has 0 bridgehead atoms. The van der Waals surface area contributed by atoms with Gasteiger partial charge in [-0.05, 0) is 36.8 Å². The summed E-state index contributed by atoms with van der Waals surface area (Å²) in [4.78, 5) is 11.9. The fraction of sp³-hybridized carbons (Fsp3) is 0.316. The maximum Gasteiger partial charge on any atom is 0.240 e. The van der Waals surface area contributed by atoms with Gasteiger partial charge in [-0.25, -0.2) is 13.1 Å². The van der Waals surface area contributed by atoms with Crippen molar-refractivity contribution in [3.05, 3.63) is 41.5 Å². The molecule has 2 aromatic rings. The van der Waals surface area contributed by atoms with Gasteiger partial charge in [-0.1, -0.05) is 0 Å². The SMILES string of the molecule is COc1cc(OC)c(OC)cc1CNS(=O)(=O)c1ccc2c(c1)[C@H](C)C(=O)N2. The summed E-state index contributed by atoms with van der Waals surface area (Å²) in [5, 5.41) is 2.73. The molecular formula is C19H22N2O6S. The largest absolute Gasteiger partial charge is 0.496 e. The zero-order valence-electron chi connectivity index (χ0n) is 16.0. The summed E-state index contributed by atoms with van der Waals surface area (Å²) in [5.74, 6) is 0.880.